The van der Waals surface area contributed by atoms with Gasteiger partial charge in [0.25, 0.3) is 0 Å². The number of rotatable bonds is 8. The van der Waals surface area contributed by atoms with Crippen molar-refractivity contribution in [3.05, 3.63) is 23.4 Å². The second-order valence-corrected chi connectivity index (χ2v) is 5.97. The third-order valence-corrected chi connectivity index (χ3v) is 4.57. The second-order valence-electron chi connectivity index (χ2n) is 4.48. The van der Waals surface area contributed by atoms with Gasteiger partial charge in [0.05, 0.1) is 5.02 Å². The Hall–Kier alpha value is -0.780. The highest BCUT2D eigenvalue weighted by Crippen LogP contribution is 2.25. The third kappa shape index (κ3) is 5.01. The molecule has 0 saturated carbocycles. The summed E-state index contributed by atoms with van der Waals surface area (Å²) in [6.07, 6.45) is 4.11. The molecule has 19 heavy (non-hydrogen) atoms. The van der Waals surface area contributed by atoms with E-state index in [1.807, 2.05) is 6.07 Å². The molecule has 0 amide bonds. The van der Waals surface area contributed by atoms with Gasteiger partial charge in [-0.15, -0.1) is 11.8 Å². The van der Waals surface area contributed by atoms with E-state index in [1.165, 1.54) is 0 Å². The molecule has 1 aromatic heterocycles. The van der Waals surface area contributed by atoms with Crippen LogP contribution in [0.15, 0.2) is 23.4 Å². The van der Waals surface area contributed by atoms with Crippen LogP contribution in [-0.4, -0.2) is 34.4 Å². The van der Waals surface area contributed by atoms with E-state index in [1.54, 1.807) is 38.0 Å². The smallest absolute Gasteiger partial charge is 0.323 e. The molecule has 2 N–H and O–H groups in total. The maximum absolute atomic E-state index is 11.1. The molecule has 1 unspecified atom stereocenters. The lowest BCUT2D eigenvalue weighted by Crippen LogP contribution is -2.47. The number of carboxylic acid groups (broad SMARTS) is 1. The van der Waals surface area contributed by atoms with Gasteiger partial charge in [0.2, 0.25) is 0 Å². The molecule has 0 aliphatic heterocycles. The van der Waals surface area contributed by atoms with E-state index in [4.69, 9.17) is 16.7 Å². The van der Waals surface area contributed by atoms with Crippen molar-refractivity contribution in [3.8, 4) is 0 Å². The maximum Gasteiger partial charge on any atom is 0.323 e. The van der Waals surface area contributed by atoms with E-state index in [9.17, 15) is 4.79 Å². The molecule has 0 spiro atoms. The summed E-state index contributed by atoms with van der Waals surface area (Å²) >= 11 is 7.61. The van der Waals surface area contributed by atoms with Gasteiger partial charge in [-0.3, -0.25) is 4.79 Å². The summed E-state index contributed by atoms with van der Waals surface area (Å²) in [6, 6.07) is 3.62. The number of nitrogens with one attached hydrogen (secondary N) is 1. The Kier molecular flexibility index (Phi) is 6.62. The number of unbranched alkanes of at least 4 members (excludes halogenated alkanes) is 1. The number of carbonyl (C=O) groups is 1. The summed E-state index contributed by atoms with van der Waals surface area (Å²) < 4.78 is 0. The van der Waals surface area contributed by atoms with Gasteiger partial charge in [-0.05, 0) is 44.7 Å². The quantitative estimate of drug-likeness (QED) is 0.571. The van der Waals surface area contributed by atoms with Gasteiger partial charge in [0.1, 0.15) is 10.6 Å². The fraction of sp³-hybridized carbons (Fsp3) is 0.538. The Bertz CT molecular complexity index is 431. The van der Waals surface area contributed by atoms with Crippen LogP contribution < -0.4 is 5.32 Å². The van der Waals surface area contributed by atoms with Crippen LogP contribution in [-0.2, 0) is 4.79 Å². The Labute approximate surface area is 123 Å². The highest BCUT2D eigenvalue weighted by atomic mass is 35.5. The molecule has 0 radical (unpaired) electrons. The number of aliphatic carboxylic acids is 1. The van der Waals surface area contributed by atoms with Gasteiger partial charge in [-0.1, -0.05) is 18.0 Å². The molecule has 4 nitrogen and oxygen atoms in total. The Balaban J connectivity index is 2.29. The van der Waals surface area contributed by atoms with Crippen molar-refractivity contribution in [2.75, 3.05) is 12.8 Å². The average molecular weight is 303 g/mol. The number of hydrogen-bond donors (Lipinski definition) is 2. The summed E-state index contributed by atoms with van der Waals surface area (Å²) in [5.74, 6) is 0.0753. The van der Waals surface area contributed by atoms with Crippen LogP contribution >= 0.6 is 23.4 Å². The number of halogens is 1. The highest BCUT2D eigenvalue weighted by molar-refractivity contribution is 7.99. The first-order valence-corrected chi connectivity index (χ1v) is 7.51. The lowest BCUT2D eigenvalue weighted by Gasteiger charge is -2.23. The van der Waals surface area contributed by atoms with E-state index >= 15 is 0 Å². The molecule has 0 fully saturated rings. The molecule has 1 aromatic rings. The minimum atomic E-state index is -0.840. The van der Waals surface area contributed by atoms with Crippen molar-refractivity contribution in [2.24, 2.45) is 0 Å². The molecule has 6 heteroatoms. The van der Waals surface area contributed by atoms with Crippen LogP contribution in [0.3, 0.4) is 0 Å². The zero-order chi connectivity index (χ0) is 14.3. The van der Waals surface area contributed by atoms with Crippen LogP contribution in [0, 0.1) is 0 Å². The standard InChI is InChI=1S/C13H19ClN2O2S/c1-13(15-2,12(17)18)7-3-4-9-19-11-10(14)6-5-8-16-11/h5-6,8,15H,3-4,7,9H2,1-2H3,(H,17,18). The fourth-order valence-electron chi connectivity index (χ4n) is 1.57. The molecular formula is C13H19ClN2O2S. The van der Waals surface area contributed by atoms with E-state index in [2.05, 4.69) is 10.3 Å². The molecule has 106 valence electrons. The van der Waals surface area contributed by atoms with Gasteiger partial charge >= 0.3 is 5.97 Å². The largest absolute Gasteiger partial charge is 0.480 e. The Morgan fingerprint density at radius 3 is 2.89 bits per heavy atom. The minimum absolute atomic E-state index is 0.606. The molecular weight excluding hydrogens is 284 g/mol. The number of thioether (sulfide) groups is 1. The number of hydrogen-bond acceptors (Lipinski definition) is 4. The van der Waals surface area contributed by atoms with Crippen molar-refractivity contribution in [1.29, 1.82) is 0 Å². The predicted molar refractivity (Wildman–Crippen MR) is 78.9 cm³/mol. The van der Waals surface area contributed by atoms with Gasteiger partial charge in [0, 0.05) is 6.20 Å². The minimum Gasteiger partial charge on any atom is -0.480 e. The van der Waals surface area contributed by atoms with Gasteiger partial charge < -0.3 is 10.4 Å². The van der Waals surface area contributed by atoms with Crippen molar-refractivity contribution >= 4 is 29.3 Å². The van der Waals surface area contributed by atoms with E-state index in [0.717, 1.165) is 23.6 Å². The van der Waals surface area contributed by atoms with Gasteiger partial charge in [-0.25, -0.2) is 4.98 Å². The molecule has 1 heterocycles. The molecule has 0 aromatic carbocycles. The summed E-state index contributed by atoms with van der Waals surface area (Å²) in [6.45, 7) is 1.71. The van der Waals surface area contributed by atoms with Crippen molar-refractivity contribution < 1.29 is 9.90 Å². The van der Waals surface area contributed by atoms with Crippen LogP contribution in [0.25, 0.3) is 0 Å². The zero-order valence-corrected chi connectivity index (χ0v) is 12.7. The number of pyridine rings is 1. The van der Waals surface area contributed by atoms with Crippen molar-refractivity contribution in [3.63, 3.8) is 0 Å². The topological polar surface area (TPSA) is 62.2 Å². The fourth-order valence-corrected chi connectivity index (χ4v) is 2.73. The normalized spacial score (nSPS) is 14.1. The van der Waals surface area contributed by atoms with E-state index < -0.39 is 11.5 Å². The predicted octanol–water partition coefficient (Wildman–Crippen LogP) is 3.06. The summed E-state index contributed by atoms with van der Waals surface area (Å²) in [5.41, 5.74) is -0.840. The first kappa shape index (κ1) is 16.3. The van der Waals surface area contributed by atoms with Crippen LogP contribution in [0.2, 0.25) is 5.02 Å². The van der Waals surface area contributed by atoms with Gasteiger partial charge in [0.15, 0.2) is 0 Å². The second kappa shape index (κ2) is 7.72. The van der Waals surface area contributed by atoms with Crippen LogP contribution in [0.1, 0.15) is 26.2 Å². The van der Waals surface area contributed by atoms with E-state index in [0.29, 0.717) is 11.4 Å². The van der Waals surface area contributed by atoms with Crippen molar-refractivity contribution in [1.82, 2.24) is 10.3 Å². The van der Waals surface area contributed by atoms with Crippen LogP contribution in [0.4, 0.5) is 0 Å². The SMILES string of the molecule is CNC(C)(CCCCSc1ncccc1Cl)C(=O)O. The Morgan fingerprint density at radius 1 is 1.58 bits per heavy atom. The Morgan fingerprint density at radius 2 is 2.32 bits per heavy atom. The molecule has 0 aliphatic rings. The first-order valence-electron chi connectivity index (χ1n) is 6.15. The molecule has 1 rings (SSSR count). The van der Waals surface area contributed by atoms with Crippen molar-refractivity contribution in [2.45, 2.75) is 36.8 Å². The van der Waals surface area contributed by atoms with Gasteiger partial charge in [-0.2, -0.15) is 0 Å². The van der Waals surface area contributed by atoms with Crippen LogP contribution in [0.5, 0.6) is 0 Å². The monoisotopic (exact) mass is 302 g/mol. The summed E-state index contributed by atoms with van der Waals surface area (Å²) in [4.78, 5) is 15.3. The number of aromatic nitrogens is 1. The number of likely N-dealkylation sites (N-methyl/N-ethyl adjacent to an activating group) is 1. The summed E-state index contributed by atoms with van der Waals surface area (Å²) in [7, 11) is 1.68. The van der Waals surface area contributed by atoms with E-state index in [-0.39, 0.29) is 0 Å². The molecule has 0 aliphatic carbocycles. The summed E-state index contributed by atoms with van der Waals surface area (Å²) in [5, 5.41) is 13.5. The zero-order valence-electron chi connectivity index (χ0n) is 11.1. The molecule has 0 bridgehead atoms. The molecule has 1 atom stereocenters. The number of carboxylic acids is 1. The first-order chi connectivity index (χ1) is 8.99. The molecule has 0 saturated heterocycles. The highest BCUT2D eigenvalue weighted by Gasteiger charge is 2.29. The lowest BCUT2D eigenvalue weighted by molar-refractivity contribution is -0.144. The lowest BCUT2D eigenvalue weighted by atomic mass is 9.95. The third-order valence-electron chi connectivity index (χ3n) is 3.06. The average Bonchev–Trinajstić information content (AvgIpc) is 2.39. The number of nitrogens with zero attached hydrogens (tertiary/aromatic N) is 1. The maximum atomic E-state index is 11.1.